The first kappa shape index (κ1) is 45.7. The lowest BCUT2D eigenvalue weighted by Gasteiger charge is -2.60. The van der Waals surface area contributed by atoms with Crippen molar-refractivity contribution in [2.45, 2.75) is 121 Å². The topological polar surface area (TPSA) is 156 Å². The number of hydrogen-bond donors (Lipinski definition) is 2. The number of carbonyl (C=O) groups excluding carboxylic acids is 1. The Morgan fingerprint density at radius 3 is 2.52 bits per heavy atom. The van der Waals surface area contributed by atoms with Crippen LogP contribution in [0.1, 0.15) is 114 Å². The van der Waals surface area contributed by atoms with E-state index in [4.69, 9.17) is 24.2 Å². The molecule has 2 aromatic carbocycles. The van der Waals surface area contributed by atoms with E-state index in [0.717, 1.165) is 86.3 Å². The second-order valence-electron chi connectivity index (χ2n) is 17.9. The summed E-state index contributed by atoms with van der Waals surface area (Å²) in [6, 6.07) is 11.9. The lowest BCUT2D eigenvalue weighted by atomic mass is 9.55. The molecule has 5 aliphatic rings. The molecular formula is C49H68N4O9. The fraction of sp³-hybridized carbons (Fsp3) is 0.633. The molecule has 2 aromatic rings. The molecule has 1 saturated heterocycles. The summed E-state index contributed by atoms with van der Waals surface area (Å²) in [6.07, 6.45) is 16.0. The van der Waals surface area contributed by atoms with Gasteiger partial charge >= 0.3 is 0 Å². The van der Waals surface area contributed by atoms with Gasteiger partial charge in [0.15, 0.2) is 0 Å². The lowest BCUT2D eigenvalue weighted by Crippen LogP contribution is -2.70. The van der Waals surface area contributed by atoms with Crippen LogP contribution in [-0.4, -0.2) is 101 Å². The quantitative estimate of drug-likeness (QED) is 0.0327. The highest BCUT2D eigenvalue weighted by atomic mass is 16.7. The van der Waals surface area contributed by atoms with Crippen LogP contribution < -0.4 is 9.47 Å². The number of nitro benzene ring substituents is 1. The number of fused-ring (bicyclic) bond motifs is 2. The summed E-state index contributed by atoms with van der Waals surface area (Å²) in [5.74, 6) is 0.486. The molecule has 1 amide bonds. The molecule has 338 valence electrons. The molecule has 3 aliphatic carbocycles. The lowest BCUT2D eigenvalue weighted by molar-refractivity contribution is -0.384. The molecule has 2 N–H and O–H groups in total. The van der Waals surface area contributed by atoms with Crippen molar-refractivity contribution in [2.24, 2.45) is 28.8 Å². The second kappa shape index (κ2) is 21.9. The van der Waals surface area contributed by atoms with Gasteiger partial charge in [0, 0.05) is 75.8 Å². The molecule has 0 unspecified atom stereocenters. The van der Waals surface area contributed by atoms with Crippen molar-refractivity contribution in [1.29, 1.82) is 0 Å². The van der Waals surface area contributed by atoms with Crippen LogP contribution >= 0.6 is 0 Å². The highest BCUT2D eigenvalue weighted by Gasteiger charge is 2.65. The average Bonchev–Trinajstić information content (AvgIpc) is 3.95. The fourth-order valence-electron chi connectivity index (χ4n) is 10.7. The Kier molecular flexibility index (Phi) is 16.1. The predicted octanol–water partition coefficient (Wildman–Crippen LogP) is 8.33. The van der Waals surface area contributed by atoms with Crippen LogP contribution in [0, 0.1) is 33.8 Å². The number of rotatable bonds is 25. The molecule has 2 heterocycles. The largest absolute Gasteiger partial charge is 0.492 e. The van der Waals surface area contributed by atoms with Crippen LogP contribution in [0.3, 0.4) is 0 Å². The number of non-ortho nitro benzene ring substituents is 1. The van der Waals surface area contributed by atoms with Gasteiger partial charge in [0.1, 0.15) is 30.8 Å². The van der Waals surface area contributed by atoms with E-state index < -0.39 is 22.7 Å². The fourth-order valence-corrected chi connectivity index (χ4v) is 10.7. The monoisotopic (exact) mass is 856 g/mol. The third-order valence-corrected chi connectivity index (χ3v) is 13.8. The molecule has 2 saturated carbocycles. The summed E-state index contributed by atoms with van der Waals surface area (Å²) >= 11 is 0. The molecule has 13 nitrogen and oxygen atoms in total. The van der Waals surface area contributed by atoms with E-state index in [1.54, 1.807) is 18.2 Å². The highest BCUT2D eigenvalue weighted by Crippen LogP contribution is 2.62. The maximum absolute atomic E-state index is 14.8. The van der Waals surface area contributed by atoms with Gasteiger partial charge in [-0.2, -0.15) is 0 Å². The maximum Gasteiger partial charge on any atom is 0.269 e. The Labute approximate surface area is 367 Å². The van der Waals surface area contributed by atoms with Gasteiger partial charge in [-0.15, -0.1) is 6.58 Å². The van der Waals surface area contributed by atoms with Crippen molar-refractivity contribution >= 4 is 17.3 Å². The summed E-state index contributed by atoms with van der Waals surface area (Å²) in [5, 5.41) is 36.2. The van der Waals surface area contributed by atoms with E-state index in [0.29, 0.717) is 50.5 Å². The van der Waals surface area contributed by atoms with Gasteiger partial charge in [-0.1, -0.05) is 62.8 Å². The number of aliphatic hydroxyl groups is 2. The number of hydrogen-bond acceptors (Lipinski definition) is 11. The minimum Gasteiger partial charge on any atom is -0.492 e. The Balaban J connectivity index is 1.36. The van der Waals surface area contributed by atoms with E-state index >= 15 is 0 Å². The summed E-state index contributed by atoms with van der Waals surface area (Å²) in [7, 11) is 0. The molecule has 2 aliphatic heterocycles. The third kappa shape index (κ3) is 10.7. The van der Waals surface area contributed by atoms with Crippen LogP contribution in [0.2, 0.25) is 0 Å². The first-order valence-electron chi connectivity index (χ1n) is 23.4. The van der Waals surface area contributed by atoms with E-state index in [2.05, 4.69) is 30.5 Å². The number of aliphatic hydroxyl groups excluding tert-OH is 2. The number of nitro groups is 1. The standard InChI is InChI=1S/C49H68N4O9/c1-3-23-52(46(56)22-17-35-11-5-6-12-35)45-33-43(50-61-34-36-15-18-38(19-16-36)53(57)58)41-31-37(13-7-9-27-54)40(14-8-10-28-55)47-42-32-39(59-30-26-51-24-25-51)20-21-44(42)62-49(45,48(41)47)60-29-4-2/h4,15-16,18-21,31-32,35,37,40,45,47-48,54-55H,2-3,5-14,17,22-30,33-34H2,1H3/t37-,40+,45-,47+,48+,49+/m0/s1. The number of oxime groups is 1. The van der Waals surface area contributed by atoms with Crippen molar-refractivity contribution in [3.05, 3.63) is 88.0 Å². The van der Waals surface area contributed by atoms with Gasteiger partial charge in [0.05, 0.1) is 23.2 Å². The van der Waals surface area contributed by atoms with Crippen LogP contribution in [0.25, 0.3) is 0 Å². The minimum absolute atomic E-state index is 0.00526. The number of carbonyl (C=O) groups is 1. The van der Waals surface area contributed by atoms with E-state index in [9.17, 15) is 25.1 Å². The Morgan fingerprint density at radius 1 is 1.06 bits per heavy atom. The van der Waals surface area contributed by atoms with Crippen molar-refractivity contribution < 1.29 is 39.0 Å². The van der Waals surface area contributed by atoms with Gasteiger partial charge in [-0.3, -0.25) is 19.8 Å². The maximum atomic E-state index is 14.8. The van der Waals surface area contributed by atoms with Crippen LogP contribution in [-0.2, 0) is 21.0 Å². The normalized spacial score (nSPS) is 26.0. The van der Waals surface area contributed by atoms with Gasteiger partial charge in [-0.25, -0.2) is 0 Å². The number of ether oxygens (including phenoxy) is 3. The van der Waals surface area contributed by atoms with Crippen LogP contribution in [0.4, 0.5) is 5.69 Å². The molecule has 0 bridgehead atoms. The molecule has 7 rings (SSSR count). The van der Waals surface area contributed by atoms with E-state index in [-0.39, 0.29) is 55.8 Å². The zero-order chi connectivity index (χ0) is 43.5. The Morgan fingerprint density at radius 2 is 1.82 bits per heavy atom. The van der Waals surface area contributed by atoms with Crippen LogP contribution in [0.5, 0.6) is 11.5 Å². The molecule has 3 fully saturated rings. The number of amides is 1. The summed E-state index contributed by atoms with van der Waals surface area (Å²) in [5.41, 5.74) is 3.48. The average molecular weight is 857 g/mol. The highest BCUT2D eigenvalue weighted by molar-refractivity contribution is 6.03. The first-order valence-corrected chi connectivity index (χ1v) is 23.4. The van der Waals surface area contributed by atoms with E-state index in [1.807, 2.05) is 17.0 Å². The summed E-state index contributed by atoms with van der Waals surface area (Å²) in [4.78, 5) is 36.3. The molecule has 0 aromatic heterocycles. The number of unbranched alkanes of at least 4 members (excludes halogenated alkanes) is 2. The zero-order valence-electron chi connectivity index (χ0n) is 36.7. The minimum atomic E-state index is -1.31. The second-order valence-corrected chi connectivity index (χ2v) is 17.9. The Bertz CT molecular complexity index is 1880. The first-order chi connectivity index (χ1) is 30.3. The van der Waals surface area contributed by atoms with Crippen molar-refractivity contribution in [2.75, 3.05) is 52.6 Å². The van der Waals surface area contributed by atoms with Gasteiger partial charge < -0.3 is 34.2 Å². The van der Waals surface area contributed by atoms with Gasteiger partial charge in [0.2, 0.25) is 11.7 Å². The number of benzene rings is 2. The zero-order valence-corrected chi connectivity index (χ0v) is 36.7. The van der Waals surface area contributed by atoms with Crippen LogP contribution in [0.15, 0.2) is 71.9 Å². The van der Waals surface area contributed by atoms with Crippen molar-refractivity contribution in [3.8, 4) is 11.5 Å². The Hall–Kier alpha value is -4.30. The molecule has 13 heteroatoms. The van der Waals surface area contributed by atoms with Crippen molar-refractivity contribution in [3.63, 3.8) is 0 Å². The molecule has 6 atom stereocenters. The predicted molar refractivity (Wildman–Crippen MR) is 238 cm³/mol. The number of nitrogens with zero attached hydrogens (tertiary/aromatic N) is 4. The van der Waals surface area contributed by atoms with E-state index in [1.165, 1.54) is 37.8 Å². The summed E-state index contributed by atoms with van der Waals surface area (Å²) < 4.78 is 20.9. The molecule has 0 radical (unpaired) electrons. The molecule has 62 heavy (non-hydrogen) atoms. The summed E-state index contributed by atoms with van der Waals surface area (Å²) in [6.45, 7) is 10.9. The van der Waals surface area contributed by atoms with Gasteiger partial charge in [0.25, 0.3) is 5.69 Å². The molecular weight excluding hydrogens is 789 g/mol. The smallest absolute Gasteiger partial charge is 0.269 e. The molecule has 0 spiro atoms. The SMILES string of the molecule is C=CCO[C@@]12Oc3ccc(OCCN4CC4)cc3[C@H]3[C@H](CCCCO)[C@@H](CCCCO)C=C(C(=NOCc4ccc([N+](=O)[O-])cc4)C[C@@H]1N(CCC)C(=O)CCC1CCCC1)[C@H]32. The number of allylic oxidation sites excluding steroid dienone is 1. The third-order valence-electron chi connectivity index (χ3n) is 13.8. The van der Waals surface area contributed by atoms with Gasteiger partial charge in [-0.05, 0) is 97.7 Å². The van der Waals surface area contributed by atoms with Crippen molar-refractivity contribution in [1.82, 2.24) is 9.80 Å².